The van der Waals surface area contributed by atoms with Gasteiger partial charge in [0.15, 0.2) is 0 Å². The van der Waals surface area contributed by atoms with Gasteiger partial charge in [0, 0.05) is 6.92 Å². The molecule has 0 aliphatic heterocycles. The van der Waals surface area contributed by atoms with E-state index in [1.807, 2.05) is 6.08 Å². The fourth-order valence-corrected chi connectivity index (χ4v) is 0.379. The first-order valence-corrected chi connectivity index (χ1v) is 3.09. The molecule has 0 aliphatic rings. The van der Waals surface area contributed by atoms with E-state index in [0.29, 0.717) is 0 Å². The number of unbranched alkanes of at least 4 members (excludes halogenated alkanes) is 1. The highest BCUT2D eigenvalue weighted by atomic mass is 16.5. The number of carbonyl (C=O) groups is 1. The topological polar surface area (TPSA) is 26.3 Å². The minimum atomic E-state index is -0.262. The van der Waals surface area contributed by atoms with E-state index in [2.05, 4.69) is 11.7 Å². The molecule has 0 radical (unpaired) electrons. The third kappa shape index (κ3) is 7.21. The Morgan fingerprint density at radius 1 is 1.67 bits per heavy atom. The van der Waals surface area contributed by atoms with Gasteiger partial charge in [-0.15, -0.1) is 0 Å². The number of allylic oxidation sites excluding steroid dienone is 1. The molecule has 0 aromatic rings. The van der Waals surface area contributed by atoms with Gasteiger partial charge in [0.2, 0.25) is 0 Å². The molecule has 0 fully saturated rings. The fraction of sp³-hybridized carbons (Fsp3) is 0.571. The predicted octanol–water partition coefficient (Wildman–Crippen LogP) is 1.86. The molecule has 0 saturated carbocycles. The smallest absolute Gasteiger partial charge is 0.307 e. The average Bonchev–Trinajstić information content (AvgIpc) is 1.80. The van der Waals surface area contributed by atoms with E-state index in [-0.39, 0.29) is 5.97 Å². The highest BCUT2D eigenvalue weighted by molar-refractivity contribution is 5.66. The summed E-state index contributed by atoms with van der Waals surface area (Å²) >= 11 is 0. The third-order valence-electron chi connectivity index (χ3n) is 0.786. The molecule has 0 rings (SSSR count). The Kier molecular flexibility index (Phi) is 4.88. The first-order chi connectivity index (χ1) is 4.27. The zero-order valence-electron chi connectivity index (χ0n) is 5.89. The largest absolute Gasteiger partial charge is 0.435 e. The molecule has 0 heterocycles. The summed E-state index contributed by atoms with van der Waals surface area (Å²) in [7, 11) is 0. The van der Waals surface area contributed by atoms with Crippen molar-refractivity contribution >= 4 is 5.97 Å². The van der Waals surface area contributed by atoms with Crippen molar-refractivity contribution in [3.05, 3.63) is 12.3 Å². The lowest BCUT2D eigenvalue weighted by molar-refractivity contribution is -0.135. The van der Waals surface area contributed by atoms with Crippen LogP contribution in [0.15, 0.2) is 12.3 Å². The van der Waals surface area contributed by atoms with Crippen LogP contribution >= 0.6 is 0 Å². The summed E-state index contributed by atoms with van der Waals surface area (Å²) in [5.74, 6) is -0.262. The lowest BCUT2D eigenvalue weighted by atomic mass is 10.3. The van der Waals surface area contributed by atoms with Crippen molar-refractivity contribution in [2.24, 2.45) is 0 Å². The van der Waals surface area contributed by atoms with Gasteiger partial charge in [-0.2, -0.15) is 0 Å². The van der Waals surface area contributed by atoms with Crippen molar-refractivity contribution in [1.82, 2.24) is 0 Å². The maximum Gasteiger partial charge on any atom is 0.307 e. The Morgan fingerprint density at radius 2 is 2.33 bits per heavy atom. The molecule has 0 N–H and O–H groups in total. The molecule has 9 heavy (non-hydrogen) atoms. The van der Waals surface area contributed by atoms with E-state index in [4.69, 9.17) is 0 Å². The maximum atomic E-state index is 10.1. The molecule has 0 bridgehead atoms. The average molecular weight is 128 g/mol. The quantitative estimate of drug-likeness (QED) is 0.428. The molecule has 0 aromatic carbocycles. The van der Waals surface area contributed by atoms with Crippen LogP contribution in [0.5, 0.6) is 0 Å². The summed E-state index contributed by atoms with van der Waals surface area (Å²) in [4.78, 5) is 10.1. The zero-order chi connectivity index (χ0) is 7.11. The number of rotatable bonds is 3. The molecule has 52 valence electrons. The van der Waals surface area contributed by atoms with Gasteiger partial charge < -0.3 is 4.74 Å². The number of hydrogen-bond acceptors (Lipinski definition) is 2. The van der Waals surface area contributed by atoms with Crippen LogP contribution in [0.25, 0.3) is 0 Å². The summed E-state index contributed by atoms with van der Waals surface area (Å²) in [5.41, 5.74) is 0. The third-order valence-corrected chi connectivity index (χ3v) is 0.786. The predicted molar refractivity (Wildman–Crippen MR) is 35.8 cm³/mol. The van der Waals surface area contributed by atoms with Gasteiger partial charge in [0.05, 0.1) is 6.26 Å². The molecule has 0 aliphatic carbocycles. The van der Waals surface area contributed by atoms with Crippen LogP contribution in [0.1, 0.15) is 26.7 Å². The molecule has 2 nitrogen and oxygen atoms in total. The Labute approximate surface area is 55.5 Å². The molecule has 0 atom stereocenters. The van der Waals surface area contributed by atoms with Gasteiger partial charge in [-0.1, -0.05) is 13.3 Å². The Bertz CT molecular complexity index is 105. The lowest BCUT2D eigenvalue weighted by Gasteiger charge is -1.88. The normalized spacial score (nSPS) is 10.0. The van der Waals surface area contributed by atoms with Crippen molar-refractivity contribution in [3.63, 3.8) is 0 Å². The van der Waals surface area contributed by atoms with Crippen LogP contribution in [0.3, 0.4) is 0 Å². The van der Waals surface area contributed by atoms with E-state index >= 15 is 0 Å². The Hall–Kier alpha value is -0.790. The Morgan fingerprint density at radius 3 is 2.78 bits per heavy atom. The van der Waals surface area contributed by atoms with Crippen LogP contribution in [0, 0.1) is 0 Å². The van der Waals surface area contributed by atoms with Gasteiger partial charge >= 0.3 is 5.97 Å². The summed E-state index contributed by atoms with van der Waals surface area (Å²) in [6, 6.07) is 0. The number of carbonyl (C=O) groups excluding carboxylic acids is 1. The summed E-state index contributed by atoms with van der Waals surface area (Å²) in [5, 5.41) is 0. The van der Waals surface area contributed by atoms with Crippen LogP contribution in [-0.2, 0) is 9.53 Å². The van der Waals surface area contributed by atoms with Crippen LogP contribution in [0.2, 0.25) is 0 Å². The van der Waals surface area contributed by atoms with E-state index in [1.54, 1.807) is 0 Å². The van der Waals surface area contributed by atoms with E-state index < -0.39 is 0 Å². The van der Waals surface area contributed by atoms with E-state index in [0.717, 1.165) is 12.8 Å². The highest BCUT2D eigenvalue weighted by Gasteiger charge is 1.82. The van der Waals surface area contributed by atoms with E-state index in [9.17, 15) is 4.79 Å². The highest BCUT2D eigenvalue weighted by Crippen LogP contribution is 1.88. The monoisotopic (exact) mass is 128 g/mol. The SMILES string of the molecule is CCCC=COC(C)=O. The molecular formula is C7H12O2. The van der Waals surface area contributed by atoms with Crippen molar-refractivity contribution in [1.29, 1.82) is 0 Å². The van der Waals surface area contributed by atoms with Crippen molar-refractivity contribution in [2.75, 3.05) is 0 Å². The number of hydrogen-bond donors (Lipinski definition) is 0. The van der Waals surface area contributed by atoms with Crippen LogP contribution < -0.4 is 0 Å². The molecule has 0 saturated heterocycles. The van der Waals surface area contributed by atoms with Crippen molar-refractivity contribution in [3.8, 4) is 0 Å². The second-order valence-corrected chi connectivity index (χ2v) is 1.77. The van der Waals surface area contributed by atoms with Crippen LogP contribution in [0.4, 0.5) is 0 Å². The molecule has 2 heteroatoms. The Balaban J connectivity index is 3.14. The summed E-state index contributed by atoms with van der Waals surface area (Å²) in [6.07, 6.45) is 5.32. The molecular weight excluding hydrogens is 116 g/mol. The molecule has 0 spiro atoms. The molecule has 0 amide bonds. The number of esters is 1. The van der Waals surface area contributed by atoms with Gasteiger partial charge in [-0.25, -0.2) is 0 Å². The minimum Gasteiger partial charge on any atom is -0.435 e. The summed E-state index contributed by atoms with van der Waals surface area (Å²) < 4.78 is 4.52. The fourth-order valence-electron chi connectivity index (χ4n) is 0.379. The number of ether oxygens (including phenoxy) is 1. The minimum absolute atomic E-state index is 0.262. The van der Waals surface area contributed by atoms with Gasteiger partial charge in [0.25, 0.3) is 0 Å². The molecule has 0 unspecified atom stereocenters. The standard InChI is InChI=1S/C7H12O2/c1-3-4-5-6-9-7(2)8/h5-6H,3-4H2,1-2H3. The zero-order valence-corrected chi connectivity index (χ0v) is 5.89. The maximum absolute atomic E-state index is 10.1. The van der Waals surface area contributed by atoms with Gasteiger partial charge in [0.1, 0.15) is 0 Å². The van der Waals surface area contributed by atoms with Gasteiger partial charge in [-0.3, -0.25) is 4.79 Å². The first kappa shape index (κ1) is 8.21. The van der Waals surface area contributed by atoms with Crippen molar-refractivity contribution < 1.29 is 9.53 Å². The second-order valence-electron chi connectivity index (χ2n) is 1.77. The lowest BCUT2D eigenvalue weighted by Crippen LogP contribution is -1.88. The van der Waals surface area contributed by atoms with Crippen LogP contribution in [-0.4, -0.2) is 5.97 Å². The van der Waals surface area contributed by atoms with Gasteiger partial charge in [-0.05, 0) is 12.5 Å². The first-order valence-electron chi connectivity index (χ1n) is 3.09. The van der Waals surface area contributed by atoms with Crippen molar-refractivity contribution in [2.45, 2.75) is 26.7 Å². The molecule has 0 aromatic heterocycles. The second kappa shape index (κ2) is 5.35. The summed E-state index contributed by atoms with van der Waals surface area (Å²) in [6.45, 7) is 3.45. The van der Waals surface area contributed by atoms with E-state index in [1.165, 1.54) is 13.2 Å².